The molecule has 4 heteroatoms. The minimum Gasteiger partial charge on any atom is -0.268 e. The highest BCUT2D eigenvalue weighted by atomic mass is 35.5. The van der Waals surface area contributed by atoms with E-state index in [1.807, 2.05) is 38.1 Å². The van der Waals surface area contributed by atoms with E-state index in [9.17, 15) is 4.79 Å². The molecular weight excluding hydrogens is 416 g/mol. The van der Waals surface area contributed by atoms with Crippen molar-refractivity contribution in [2.45, 2.75) is 40.0 Å². The number of aromatic nitrogens is 2. The summed E-state index contributed by atoms with van der Waals surface area (Å²) < 4.78 is 1.68. The van der Waals surface area contributed by atoms with Gasteiger partial charge in [-0.05, 0) is 77.9 Å². The van der Waals surface area contributed by atoms with Crippen LogP contribution < -0.4 is 5.56 Å². The Hall–Kier alpha value is -3.17. The summed E-state index contributed by atoms with van der Waals surface area (Å²) in [6.45, 7) is 10.7. The lowest BCUT2D eigenvalue weighted by Crippen LogP contribution is -2.22. The van der Waals surface area contributed by atoms with E-state index in [4.69, 9.17) is 16.6 Å². The number of hydrogen-bond donors (Lipinski definition) is 0. The van der Waals surface area contributed by atoms with Crippen LogP contribution in [0, 0.1) is 13.8 Å². The van der Waals surface area contributed by atoms with Gasteiger partial charge in [-0.15, -0.1) is 0 Å². The van der Waals surface area contributed by atoms with Gasteiger partial charge in [0, 0.05) is 5.02 Å². The van der Waals surface area contributed by atoms with Crippen molar-refractivity contribution >= 4 is 34.7 Å². The van der Waals surface area contributed by atoms with Crippen molar-refractivity contribution in [1.29, 1.82) is 0 Å². The fourth-order valence-electron chi connectivity index (χ4n) is 3.88. The second-order valence-corrected chi connectivity index (χ2v) is 9.76. The van der Waals surface area contributed by atoms with Gasteiger partial charge < -0.3 is 0 Å². The van der Waals surface area contributed by atoms with Crippen LogP contribution >= 0.6 is 11.6 Å². The molecule has 0 aliphatic rings. The zero-order chi connectivity index (χ0) is 23.0. The molecule has 162 valence electrons. The van der Waals surface area contributed by atoms with Crippen LogP contribution in [0.3, 0.4) is 0 Å². The van der Waals surface area contributed by atoms with Gasteiger partial charge in [0.1, 0.15) is 5.82 Å². The van der Waals surface area contributed by atoms with Crippen LogP contribution in [0.15, 0.2) is 65.5 Å². The topological polar surface area (TPSA) is 34.9 Å². The van der Waals surface area contributed by atoms with Gasteiger partial charge in [-0.1, -0.05) is 68.8 Å². The zero-order valence-corrected chi connectivity index (χ0v) is 19.9. The molecule has 0 amide bonds. The first-order chi connectivity index (χ1) is 15.1. The highest BCUT2D eigenvalue weighted by Crippen LogP contribution is 2.23. The molecule has 4 aromatic rings. The molecule has 0 bridgehead atoms. The Morgan fingerprint density at radius 3 is 2.16 bits per heavy atom. The van der Waals surface area contributed by atoms with Crippen molar-refractivity contribution in [3.05, 3.63) is 104 Å². The van der Waals surface area contributed by atoms with E-state index < -0.39 is 0 Å². The third kappa shape index (κ3) is 4.53. The summed E-state index contributed by atoms with van der Waals surface area (Å²) in [5, 5.41) is 1.10. The molecule has 4 rings (SSSR count). The van der Waals surface area contributed by atoms with Gasteiger partial charge in [0.05, 0.1) is 16.6 Å². The van der Waals surface area contributed by atoms with E-state index in [0.29, 0.717) is 21.7 Å². The average molecular weight is 443 g/mol. The molecule has 0 unspecified atom stereocenters. The van der Waals surface area contributed by atoms with Crippen LogP contribution in [0.1, 0.15) is 48.8 Å². The minimum atomic E-state index is -0.112. The van der Waals surface area contributed by atoms with E-state index in [0.717, 1.165) is 22.4 Å². The third-order valence-electron chi connectivity index (χ3n) is 5.52. The Kier molecular flexibility index (Phi) is 5.79. The Morgan fingerprint density at radius 1 is 0.875 bits per heavy atom. The van der Waals surface area contributed by atoms with Crippen molar-refractivity contribution in [2.75, 3.05) is 0 Å². The van der Waals surface area contributed by atoms with Crippen molar-refractivity contribution in [1.82, 2.24) is 9.55 Å². The maximum atomic E-state index is 13.5. The standard InChI is InChI=1S/C28H27ClN2O/c1-18-14-19(2)16-23(15-18)31-26(30-25-17-22(29)11-12-24(25)27(31)32)13-8-20-6-9-21(10-7-20)28(3,4)5/h6-17H,1-5H3/b13-8+. The molecule has 0 saturated heterocycles. The molecule has 0 saturated carbocycles. The fourth-order valence-corrected chi connectivity index (χ4v) is 4.05. The summed E-state index contributed by atoms with van der Waals surface area (Å²) in [7, 11) is 0. The molecule has 0 fully saturated rings. The number of benzene rings is 3. The van der Waals surface area contributed by atoms with Crippen LogP contribution in [0.5, 0.6) is 0 Å². The van der Waals surface area contributed by atoms with Crippen LogP contribution in [-0.4, -0.2) is 9.55 Å². The van der Waals surface area contributed by atoms with Gasteiger partial charge in [-0.25, -0.2) is 4.98 Å². The molecular formula is C28H27ClN2O. The Labute approximate surface area is 194 Å². The highest BCUT2D eigenvalue weighted by molar-refractivity contribution is 6.31. The van der Waals surface area contributed by atoms with E-state index in [-0.39, 0.29) is 11.0 Å². The number of hydrogen-bond acceptors (Lipinski definition) is 2. The first-order valence-corrected chi connectivity index (χ1v) is 11.1. The molecule has 0 N–H and O–H groups in total. The third-order valence-corrected chi connectivity index (χ3v) is 5.76. The lowest BCUT2D eigenvalue weighted by atomic mass is 9.87. The van der Waals surface area contributed by atoms with E-state index in [1.165, 1.54) is 5.56 Å². The average Bonchev–Trinajstić information content (AvgIpc) is 2.71. The summed E-state index contributed by atoms with van der Waals surface area (Å²) in [5.41, 5.74) is 5.90. The number of rotatable bonds is 3. The maximum Gasteiger partial charge on any atom is 0.266 e. The summed E-state index contributed by atoms with van der Waals surface area (Å²) >= 11 is 6.18. The second-order valence-electron chi connectivity index (χ2n) is 9.32. The van der Waals surface area contributed by atoms with Crippen LogP contribution in [-0.2, 0) is 5.41 Å². The van der Waals surface area contributed by atoms with Gasteiger partial charge in [0.15, 0.2) is 0 Å². The molecule has 3 aromatic carbocycles. The van der Waals surface area contributed by atoms with E-state index in [1.54, 1.807) is 22.8 Å². The smallest absolute Gasteiger partial charge is 0.266 e. The largest absolute Gasteiger partial charge is 0.268 e. The first kappa shape index (κ1) is 22.0. The van der Waals surface area contributed by atoms with Gasteiger partial charge in [-0.3, -0.25) is 9.36 Å². The lowest BCUT2D eigenvalue weighted by molar-refractivity contribution is 0.590. The molecule has 0 radical (unpaired) electrons. The SMILES string of the molecule is Cc1cc(C)cc(-n2c(/C=C/c3ccc(C(C)(C)C)cc3)nc3cc(Cl)ccc3c2=O)c1. The van der Waals surface area contributed by atoms with Crippen LogP contribution in [0.25, 0.3) is 28.7 Å². The molecule has 0 atom stereocenters. The maximum absolute atomic E-state index is 13.5. The van der Waals surface area contributed by atoms with Crippen molar-refractivity contribution in [3.8, 4) is 5.69 Å². The Morgan fingerprint density at radius 2 is 1.53 bits per heavy atom. The quantitative estimate of drug-likeness (QED) is 0.338. The number of fused-ring (bicyclic) bond motifs is 1. The molecule has 0 aliphatic carbocycles. The monoisotopic (exact) mass is 442 g/mol. The first-order valence-electron chi connectivity index (χ1n) is 10.7. The lowest BCUT2D eigenvalue weighted by Gasteiger charge is -2.18. The summed E-state index contributed by atoms with van der Waals surface area (Å²) in [6.07, 6.45) is 3.88. The fraction of sp³-hybridized carbons (Fsp3) is 0.214. The Balaban J connectivity index is 1.89. The van der Waals surface area contributed by atoms with Crippen molar-refractivity contribution in [3.63, 3.8) is 0 Å². The normalized spacial score (nSPS) is 12.1. The molecule has 1 aromatic heterocycles. The number of halogens is 1. The van der Waals surface area contributed by atoms with E-state index >= 15 is 0 Å². The van der Waals surface area contributed by atoms with E-state index in [2.05, 4.69) is 51.1 Å². The molecule has 0 aliphatic heterocycles. The number of aryl methyl sites for hydroxylation is 2. The minimum absolute atomic E-state index is 0.102. The summed E-state index contributed by atoms with van der Waals surface area (Å²) in [4.78, 5) is 18.3. The predicted octanol–water partition coefficient (Wildman–Crippen LogP) is 7.12. The summed E-state index contributed by atoms with van der Waals surface area (Å²) in [6, 6.07) is 19.8. The molecule has 0 spiro atoms. The predicted molar refractivity (Wildman–Crippen MR) is 136 cm³/mol. The van der Waals surface area contributed by atoms with Gasteiger partial charge in [0.2, 0.25) is 0 Å². The van der Waals surface area contributed by atoms with Crippen molar-refractivity contribution in [2.24, 2.45) is 0 Å². The second kappa shape index (κ2) is 8.40. The molecule has 3 nitrogen and oxygen atoms in total. The van der Waals surface area contributed by atoms with Gasteiger partial charge in [0.25, 0.3) is 5.56 Å². The molecule has 1 heterocycles. The van der Waals surface area contributed by atoms with Gasteiger partial charge >= 0.3 is 0 Å². The molecule has 32 heavy (non-hydrogen) atoms. The number of nitrogens with zero attached hydrogens (tertiary/aromatic N) is 2. The Bertz CT molecular complexity index is 1370. The van der Waals surface area contributed by atoms with Gasteiger partial charge in [-0.2, -0.15) is 0 Å². The van der Waals surface area contributed by atoms with Crippen LogP contribution in [0.4, 0.5) is 0 Å². The zero-order valence-electron chi connectivity index (χ0n) is 19.1. The highest BCUT2D eigenvalue weighted by Gasteiger charge is 2.14. The summed E-state index contributed by atoms with van der Waals surface area (Å²) in [5.74, 6) is 0.565. The van der Waals surface area contributed by atoms with Crippen LogP contribution in [0.2, 0.25) is 5.02 Å². The van der Waals surface area contributed by atoms with Crippen molar-refractivity contribution < 1.29 is 0 Å².